The van der Waals surface area contributed by atoms with Crippen molar-refractivity contribution in [1.29, 1.82) is 5.26 Å². The molecule has 5 heteroatoms. The zero-order chi connectivity index (χ0) is 14.9. The summed E-state index contributed by atoms with van der Waals surface area (Å²) >= 11 is 1.93. The van der Waals surface area contributed by atoms with E-state index in [1.807, 2.05) is 23.6 Å². The quantitative estimate of drug-likeness (QED) is 0.859. The number of nitrogens with zero attached hydrogens (tertiary/aromatic N) is 2. The standard InChI is InChI=1S/C16H18N2O2S/c1-2-20-14-7-16(21-9-14)10-18(11-16)15(19)13-5-3-4-12(6-13)8-17/h3-6,14H,2,7,9-11H2,1H3/t14-/m0/s1. The summed E-state index contributed by atoms with van der Waals surface area (Å²) in [6.07, 6.45) is 1.37. The maximum absolute atomic E-state index is 12.4. The number of hydrogen-bond acceptors (Lipinski definition) is 4. The van der Waals surface area contributed by atoms with Crippen molar-refractivity contribution in [1.82, 2.24) is 4.90 Å². The van der Waals surface area contributed by atoms with Crippen LogP contribution in [-0.4, -0.2) is 47.1 Å². The van der Waals surface area contributed by atoms with Gasteiger partial charge in [0.2, 0.25) is 0 Å². The molecular formula is C16H18N2O2S. The van der Waals surface area contributed by atoms with Crippen molar-refractivity contribution in [2.75, 3.05) is 25.4 Å². The molecule has 1 aromatic rings. The topological polar surface area (TPSA) is 53.3 Å². The fourth-order valence-corrected chi connectivity index (χ4v) is 4.61. The minimum Gasteiger partial charge on any atom is -0.378 e. The number of thioether (sulfide) groups is 1. The minimum absolute atomic E-state index is 0.0261. The molecule has 1 spiro atoms. The van der Waals surface area contributed by atoms with E-state index in [4.69, 9.17) is 10.00 Å². The lowest BCUT2D eigenvalue weighted by atomic mass is 9.92. The third kappa shape index (κ3) is 2.78. The summed E-state index contributed by atoms with van der Waals surface area (Å²) in [4.78, 5) is 14.3. The Morgan fingerprint density at radius 1 is 1.57 bits per heavy atom. The Morgan fingerprint density at radius 2 is 2.38 bits per heavy atom. The highest BCUT2D eigenvalue weighted by atomic mass is 32.2. The van der Waals surface area contributed by atoms with Crippen molar-refractivity contribution in [3.63, 3.8) is 0 Å². The Labute approximate surface area is 129 Å². The number of amides is 1. The molecule has 0 aliphatic carbocycles. The largest absolute Gasteiger partial charge is 0.378 e. The molecule has 0 aromatic heterocycles. The van der Waals surface area contributed by atoms with Gasteiger partial charge >= 0.3 is 0 Å². The Morgan fingerprint density at radius 3 is 3.10 bits per heavy atom. The van der Waals surface area contributed by atoms with E-state index in [2.05, 4.69) is 6.07 Å². The van der Waals surface area contributed by atoms with Crippen LogP contribution in [0.3, 0.4) is 0 Å². The van der Waals surface area contributed by atoms with Gasteiger partial charge in [-0.15, -0.1) is 11.8 Å². The Kier molecular flexibility index (Phi) is 3.92. The van der Waals surface area contributed by atoms with E-state index in [9.17, 15) is 4.79 Å². The van der Waals surface area contributed by atoms with E-state index in [0.29, 0.717) is 17.2 Å². The van der Waals surface area contributed by atoms with Crippen molar-refractivity contribution in [2.24, 2.45) is 0 Å². The molecule has 4 nitrogen and oxygen atoms in total. The van der Waals surface area contributed by atoms with Gasteiger partial charge in [-0.1, -0.05) is 6.07 Å². The third-order valence-electron chi connectivity index (χ3n) is 4.06. The molecule has 1 amide bonds. The number of hydrogen-bond donors (Lipinski definition) is 0. The van der Waals surface area contributed by atoms with Crippen molar-refractivity contribution in [3.8, 4) is 6.07 Å². The average molecular weight is 302 g/mol. The van der Waals surface area contributed by atoms with Gasteiger partial charge in [0.15, 0.2) is 0 Å². The predicted octanol–water partition coefficient (Wildman–Crippen LogP) is 2.29. The number of carbonyl (C=O) groups excluding carboxylic acids is 1. The van der Waals surface area contributed by atoms with Crippen LogP contribution in [-0.2, 0) is 4.74 Å². The number of ether oxygens (including phenoxy) is 1. The highest BCUT2D eigenvalue weighted by Gasteiger charge is 2.50. The second-order valence-electron chi connectivity index (χ2n) is 5.63. The summed E-state index contributed by atoms with van der Waals surface area (Å²) in [5.74, 6) is 1.05. The number of carbonyl (C=O) groups is 1. The van der Waals surface area contributed by atoms with E-state index >= 15 is 0 Å². The summed E-state index contributed by atoms with van der Waals surface area (Å²) in [5.41, 5.74) is 1.14. The molecule has 0 bridgehead atoms. The maximum atomic E-state index is 12.4. The number of nitriles is 1. The highest BCUT2D eigenvalue weighted by molar-refractivity contribution is 8.01. The average Bonchev–Trinajstić information content (AvgIpc) is 2.90. The lowest BCUT2D eigenvalue weighted by molar-refractivity contribution is 0.0359. The fraction of sp³-hybridized carbons (Fsp3) is 0.500. The van der Waals surface area contributed by atoms with Crippen LogP contribution in [0.2, 0.25) is 0 Å². The van der Waals surface area contributed by atoms with Gasteiger partial charge in [-0.2, -0.15) is 5.26 Å². The number of benzene rings is 1. The molecule has 2 heterocycles. The predicted molar refractivity (Wildman–Crippen MR) is 82.3 cm³/mol. The minimum atomic E-state index is 0.0261. The Hall–Kier alpha value is -1.51. The van der Waals surface area contributed by atoms with E-state index in [1.54, 1.807) is 24.3 Å². The van der Waals surface area contributed by atoms with E-state index < -0.39 is 0 Å². The van der Waals surface area contributed by atoms with Crippen molar-refractivity contribution in [3.05, 3.63) is 35.4 Å². The van der Waals surface area contributed by atoms with Crippen LogP contribution < -0.4 is 0 Å². The molecule has 0 unspecified atom stereocenters. The normalized spacial score (nSPS) is 22.9. The van der Waals surface area contributed by atoms with Crippen LogP contribution >= 0.6 is 11.8 Å². The first kappa shape index (κ1) is 14.4. The molecule has 2 aliphatic heterocycles. The zero-order valence-electron chi connectivity index (χ0n) is 12.0. The van der Waals surface area contributed by atoms with Gasteiger partial charge in [0.25, 0.3) is 5.91 Å². The first-order chi connectivity index (χ1) is 10.2. The smallest absolute Gasteiger partial charge is 0.253 e. The van der Waals surface area contributed by atoms with Crippen molar-refractivity contribution in [2.45, 2.75) is 24.2 Å². The number of rotatable bonds is 3. The highest BCUT2D eigenvalue weighted by Crippen LogP contribution is 2.46. The van der Waals surface area contributed by atoms with E-state index in [-0.39, 0.29) is 10.7 Å². The van der Waals surface area contributed by atoms with Crippen LogP contribution in [0.4, 0.5) is 0 Å². The summed E-state index contributed by atoms with van der Waals surface area (Å²) < 4.78 is 5.88. The third-order valence-corrected chi connectivity index (χ3v) is 5.64. The van der Waals surface area contributed by atoms with Gasteiger partial charge in [-0.3, -0.25) is 4.79 Å². The molecule has 2 fully saturated rings. The Balaban J connectivity index is 1.61. The van der Waals surface area contributed by atoms with E-state index in [0.717, 1.165) is 31.9 Å². The SMILES string of the molecule is CCO[C@@H]1CSC2(C1)CN(C(=O)c1cccc(C#N)c1)C2. The molecule has 3 rings (SSSR count). The first-order valence-electron chi connectivity index (χ1n) is 7.21. The van der Waals surface area contributed by atoms with Gasteiger partial charge in [0.05, 0.1) is 22.5 Å². The van der Waals surface area contributed by atoms with Crippen molar-refractivity contribution >= 4 is 17.7 Å². The molecule has 2 aliphatic rings. The Bertz CT molecular complexity index is 590. The molecule has 0 saturated carbocycles. The van der Waals surface area contributed by atoms with Gasteiger partial charge in [0, 0.05) is 31.0 Å². The van der Waals surface area contributed by atoms with Crippen molar-refractivity contribution < 1.29 is 9.53 Å². The van der Waals surface area contributed by atoms with E-state index in [1.165, 1.54) is 0 Å². The van der Waals surface area contributed by atoms with Gasteiger partial charge in [-0.25, -0.2) is 0 Å². The van der Waals surface area contributed by atoms with Gasteiger partial charge in [0.1, 0.15) is 0 Å². The van der Waals surface area contributed by atoms with Crippen LogP contribution in [0.5, 0.6) is 0 Å². The summed E-state index contributed by atoms with van der Waals surface area (Å²) in [6, 6.07) is 8.99. The second kappa shape index (κ2) is 5.70. The van der Waals surface area contributed by atoms with Gasteiger partial charge < -0.3 is 9.64 Å². The fourth-order valence-electron chi connectivity index (χ4n) is 3.06. The first-order valence-corrected chi connectivity index (χ1v) is 8.19. The molecule has 1 atom stereocenters. The molecule has 110 valence electrons. The molecule has 1 aromatic carbocycles. The molecule has 21 heavy (non-hydrogen) atoms. The number of likely N-dealkylation sites (tertiary alicyclic amines) is 1. The lowest BCUT2D eigenvalue weighted by Gasteiger charge is -2.47. The monoisotopic (exact) mass is 302 g/mol. The summed E-state index contributed by atoms with van der Waals surface area (Å²) in [7, 11) is 0. The molecular weight excluding hydrogens is 284 g/mol. The van der Waals surface area contributed by atoms with Crippen LogP contribution in [0.15, 0.2) is 24.3 Å². The lowest BCUT2D eigenvalue weighted by Crippen LogP contribution is -2.60. The van der Waals surface area contributed by atoms with Crippen LogP contribution in [0.1, 0.15) is 29.3 Å². The maximum Gasteiger partial charge on any atom is 0.253 e. The second-order valence-corrected chi connectivity index (χ2v) is 7.12. The van der Waals surface area contributed by atoms with Crippen LogP contribution in [0, 0.1) is 11.3 Å². The molecule has 2 saturated heterocycles. The summed E-state index contributed by atoms with van der Waals surface area (Å²) in [6.45, 7) is 4.35. The summed E-state index contributed by atoms with van der Waals surface area (Å²) in [5, 5.41) is 8.91. The zero-order valence-corrected chi connectivity index (χ0v) is 12.9. The van der Waals surface area contributed by atoms with Gasteiger partial charge in [-0.05, 0) is 31.5 Å². The molecule has 0 radical (unpaired) electrons. The van der Waals surface area contributed by atoms with Crippen LogP contribution in [0.25, 0.3) is 0 Å². The molecule has 0 N–H and O–H groups in total.